The molecule has 2 saturated heterocycles. The predicted molar refractivity (Wildman–Crippen MR) is 148 cm³/mol. The maximum atomic E-state index is 14.3. The van der Waals surface area contributed by atoms with Crippen LogP contribution in [-0.2, 0) is 13.2 Å². The number of likely N-dealkylation sites (tertiary alicyclic amines) is 2. The third-order valence-corrected chi connectivity index (χ3v) is 8.08. The van der Waals surface area contributed by atoms with Crippen molar-refractivity contribution in [2.45, 2.75) is 44.2 Å². The molecule has 2 aliphatic heterocycles. The first-order chi connectivity index (χ1) is 20.0. The van der Waals surface area contributed by atoms with E-state index >= 15 is 0 Å². The molecule has 3 heterocycles. The maximum absolute atomic E-state index is 14.3. The van der Waals surface area contributed by atoms with E-state index in [0.717, 1.165) is 15.8 Å². The maximum Gasteiger partial charge on any atom is 0.392 e. The van der Waals surface area contributed by atoms with Gasteiger partial charge in [0.25, 0.3) is 5.91 Å². The van der Waals surface area contributed by atoms with Gasteiger partial charge in [-0.15, -0.1) is 0 Å². The number of β-amino-alcohol motifs (C(OH)–C–C–N with tert-alkyl or cyclic N) is 1. The number of carbonyl (C=O) groups is 2. The first-order valence-corrected chi connectivity index (χ1v) is 14.0. The Hall–Kier alpha value is -3.61. The zero-order chi connectivity index (χ0) is 30.0. The van der Waals surface area contributed by atoms with Crippen LogP contribution in [0, 0.1) is 5.92 Å². The number of nitrogens with two attached hydrogens (primary N) is 1. The van der Waals surface area contributed by atoms with Crippen LogP contribution >= 0.6 is 11.6 Å². The average Bonchev–Trinajstić information content (AvgIpc) is 3.61. The van der Waals surface area contributed by atoms with Gasteiger partial charge in [-0.2, -0.15) is 23.0 Å². The highest BCUT2D eigenvalue weighted by molar-refractivity contribution is 6.33. The molecule has 2 aliphatic rings. The fourth-order valence-corrected chi connectivity index (χ4v) is 5.64. The van der Waals surface area contributed by atoms with Gasteiger partial charge in [0.2, 0.25) is 5.88 Å². The molecule has 2 fully saturated rings. The molecule has 13 heteroatoms. The van der Waals surface area contributed by atoms with Gasteiger partial charge in [-0.3, -0.25) is 4.79 Å². The topological polar surface area (TPSA) is 114 Å². The van der Waals surface area contributed by atoms with E-state index in [-0.39, 0.29) is 54.8 Å². The molecule has 0 bridgehead atoms. The minimum Gasteiger partial charge on any atom is -0.473 e. The summed E-state index contributed by atoms with van der Waals surface area (Å²) in [5.74, 6) is -3.76. The second kappa shape index (κ2) is 12.3. The van der Waals surface area contributed by atoms with Crippen molar-refractivity contribution in [2.24, 2.45) is 11.7 Å². The Kier molecular flexibility index (Phi) is 8.76. The van der Waals surface area contributed by atoms with E-state index in [9.17, 15) is 27.9 Å². The number of rotatable bonds is 6. The van der Waals surface area contributed by atoms with E-state index in [1.165, 1.54) is 28.0 Å². The van der Waals surface area contributed by atoms with E-state index < -0.39 is 36.1 Å². The van der Waals surface area contributed by atoms with E-state index in [1.54, 1.807) is 24.3 Å². The number of amides is 2. The molecule has 5 rings (SSSR count). The van der Waals surface area contributed by atoms with Crippen LogP contribution in [0.5, 0.6) is 5.88 Å². The van der Waals surface area contributed by atoms with E-state index in [1.807, 2.05) is 12.1 Å². The number of aliphatic hydroxyl groups excluding tert-OH is 1. The van der Waals surface area contributed by atoms with Gasteiger partial charge in [-0.25, -0.2) is 4.79 Å². The van der Waals surface area contributed by atoms with Crippen molar-refractivity contribution in [2.75, 3.05) is 26.2 Å². The molecule has 3 unspecified atom stereocenters. The lowest BCUT2D eigenvalue weighted by molar-refractivity contribution is -0.189. The van der Waals surface area contributed by atoms with Gasteiger partial charge >= 0.3 is 12.2 Å². The average molecular weight is 606 g/mol. The quantitative estimate of drug-likeness (QED) is 0.430. The van der Waals surface area contributed by atoms with Crippen molar-refractivity contribution in [3.05, 3.63) is 82.0 Å². The summed E-state index contributed by atoms with van der Waals surface area (Å²) < 4.78 is 49.7. The lowest BCUT2D eigenvalue weighted by Gasteiger charge is -2.39. The Morgan fingerprint density at radius 1 is 1.02 bits per heavy atom. The van der Waals surface area contributed by atoms with Gasteiger partial charge < -0.3 is 25.4 Å². The van der Waals surface area contributed by atoms with E-state index in [2.05, 4.69) is 5.10 Å². The van der Waals surface area contributed by atoms with Crippen LogP contribution < -0.4 is 10.5 Å². The molecule has 0 saturated carbocycles. The molecular formula is C29H31ClF3N5O4. The molecule has 3 N–H and O–H groups in total. The number of hydrogen-bond donors (Lipinski definition) is 2. The van der Waals surface area contributed by atoms with Crippen LogP contribution in [0.4, 0.5) is 18.0 Å². The van der Waals surface area contributed by atoms with Crippen molar-refractivity contribution in [3.8, 4) is 5.88 Å². The van der Waals surface area contributed by atoms with E-state index in [4.69, 9.17) is 22.1 Å². The molecule has 0 aliphatic carbocycles. The molecule has 224 valence electrons. The van der Waals surface area contributed by atoms with Crippen LogP contribution in [-0.4, -0.2) is 75.1 Å². The van der Waals surface area contributed by atoms with Crippen LogP contribution in [0.1, 0.15) is 45.9 Å². The molecule has 3 aromatic rings. The van der Waals surface area contributed by atoms with Crippen molar-refractivity contribution in [3.63, 3.8) is 0 Å². The number of hydrogen-bond acceptors (Lipinski definition) is 6. The van der Waals surface area contributed by atoms with Gasteiger partial charge in [0.15, 0.2) is 0 Å². The number of aromatic nitrogens is 2. The summed E-state index contributed by atoms with van der Waals surface area (Å²) in [5, 5.41) is 14.3. The van der Waals surface area contributed by atoms with Crippen molar-refractivity contribution in [1.82, 2.24) is 19.6 Å². The largest absolute Gasteiger partial charge is 0.473 e. The molecule has 3 atom stereocenters. The van der Waals surface area contributed by atoms with Crippen molar-refractivity contribution in [1.29, 1.82) is 0 Å². The van der Waals surface area contributed by atoms with Gasteiger partial charge in [0, 0.05) is 44.7 Å². The third kappa shape index (κ3) is 6.40. The highest BCUT2D eigenvalue weighted by Crippen LogP contribution is 2.43. The molecule has 0 radical (unpaired) electrons. The Labute approximate surface area is 245 Å². The molecule has 9 nitrogen and oxygen atoms in total. The number of aliphatic hydroxyl groups is 1. The predicted octanol–water partition coefficient (Wildman–Crippen LogP) is 4.42. The van der Waals surface area contributed by atoms with Crippen molar-refractivity contribution >= 4 is 23.5 Å². The lowest BCUT2D eigenvalue weighted by atomic mass is 9.83. The lowest BCUT2D eigenvalue weighted by Crippen LogP contribution is -2.51. The summed E-state index contributed by atoms with van der Waals surface area (Å²) >= 11 is 6.26. The molecule has 1 aromatic heterocycles. The second-order valence-corrected chi connectivity index (χ2v) is 11.0. The van der Waals surface area contributed by atoms with Crippen molar-refractivity contribution < 1.29 is 32.6 Å². The molecule has 0 spiro atoms. The summed E-state index contributed by atoms with van der Waals surface area (Å²) in [6.45, 7) is 0.494. The zero-order valence-corrected chi connectivity index (χ0v) is 23.4. The molecule has 2 amide bonds. The third-order valence-electron chi connectivity index (χ3n) is 7.76. The first-order valence-electron chi connectivity index (χ1n) is 13.6. The standard InChI is InChI=1S/C29H31ClF3N5O4/c30-24-4-2-1-3-21(24)27(40)38-26(42-17-19-7-5-18(14-34)6-8-19)13-25(35-38)22-16-37(12-10-23(22)29(31,32)33)28(41)36-11-9-20(39)15-36/h1-8,13,20,22-23,39H,9-12,14-17,34H2. The van der Waals surface area contributed by atoms with Crippen LogP contribution in [0.2, 0.25) is 5.02 Å². The summed E-state index contributed by atoms with van der Waals surface area (Å²) in [7, 11) is 0. The normalized spacial score (nSPS) is 21.0. The number of halogens is 4. The first kappa shape index (κ1) is 29.9. The van der Waals surface area contributed by atoms with Gasteiger partial charge in [-0.05, 0) is 36.1 Å². The highest BCUT2D eigenvalue weighted by Gasteiger charge is 2.50. The summed E-state index contributed by atoms with van der Waals surface area (Å²) in [6.07, 6.45) is -5.13. The number of urea groups is 1. The second-order valence-electron chi connectivity index (χ2n) is 10.6. The van der Waals surface area contributed by atoms with Crippen LogP contribution in [0.3, 0.4) is 0 Å². The minimum atomic E-state index is -4.56. The number of nitrogens with zero attached hydrogens (tertiary/aromatic N) is 4. The monoisotopic (exact) mass is 605 g/mol. The smallest absolute Gasteiger partial charge is 0.392 e. The highest BCUT2D eigenvalue weighted by atomic mass is 35.5. The fraction of sp³-hybridized carbons (Fsp3) is 0.414. The molecule has 42 heavy (non-hydrogen) atoms. The zero-order valence-electron chi connectivity index (χ0n) is 22.6. The SMILES string of the molecule is NCc1ccc(COc2cc(C3CN(C(=O)N4CCC(O)C4)CCC3C(F)(F)F)nn2C(=O)c2ccccc2Cl)cc1. The molecular weight excluding hydrogens is 575 g/mol. The Morgan fingerprint density at radius 2 is 1.69 bits per heavy atom. The Balaban J connectivity index is 1.48. The Morgan fingerprint density at radius 3 is 2.33 bits per heavy atom. The van der Waals surface area contributed by atoms with Gasteiger partial charge in [-0.1, -0.05) is 48.0 Å². The van der Waals surface area contributed by atoms with Gasteiger partial charge in [0.1, 0.15) is 6.61 Å². The van der Waals surface area contributed by atoms with Crippen LogP contribution in [0.15, 0.2) is 54.6 Å². The number of carbonyl (C=O) groups excluding carboxylic acids is 2. The number of ether oxygens (including phenoxy) is 1. The number of alkyl halides is 3. The minimum absolute atomic E-state index is 0.0149. The summed E-state index contributed by atoms with van der Waals surface area (Å²) in [4.78, 5) is 29.5. The Bertz CT molecular complexity index is 1430. The number of piperidine rings is 1. The van der Waals surface area contributed by atoms with Gasteiger partial charge in [0.05, 0.1) is 28.3 Å². The summed E-state index contributed by atoms with van der Waals surface area (Å²) in [6, 6.07) is 14.5. The fourth-order valence-electron chi connectivity index (χ4n) is 5.42. The summed E-state index contributed by atoms with van der Waals surface area (Å²) in [5.41, 5.74) is 7.41. The van der Waals surface area contributed by atoms with Crippen LogP contribution in [0.25, 0.3) is 0 Å². The number of benzene rings is 2. The van der Waals surface area contributed by atoms with E-state index in [0.29, 0.717) is 19.5 Å². The molecule has 2 aromatic carbocycles.